The zero-order chi connectivity index (χ0) is 39.4. The molecule has 1 aliphatic carbocycles. The Morgan fingerprint density at radius 3 is 1.84 bits per heavy atom. The quantitative estimate of drug-likeness (QED) is 0.148. The van der Waals surface area contributed by atoms with E-state index in [1.54, 1.807) is 16.6 Å². The average Bonchev–Trinajstić information content (AvgIpc) is 3.69. The molecule has 3 heteroatoms. The third-order valence-electron chi connectivity index (χ3n) is 14.4. The maximum Gasteiger partial charge on any atom is 0.247 e. The molecule has 0 saturated heterocycles. The first-order chi connectivity index (χ1) is 27.1. The van der Waals surface area contributed by atoms with Crippen molar-refractivity contribution >= 4 is 66.7 Å². The van der Waals surface area contributed by atoms with Gasteiger partial charge in [0.15, 0.2) is 0 Å². The Morgan fingerprint density at radius 1 is 0.474 bits per heavy atom. The standard InChI is InChI=1S/C54H55BN2/c1-51(2,3)33-20-23-36(24-21-33)56-45-18-12-11-16-37(45)39-31-43-42(32-48(39)56)54(26-13-10-14-27-54)41-17-15-19-47-49(41)55(43)44-30-35(53(7,8)9)29-40-38-28-34(52(4,5)6)22-25-46(38)57(47)50(40)44/h11-12,15-25,28-32H,10,13-14,26-27H2,1-9H3. The molecule has 1 spiro atoms. The van der Waals surface area contributed by atoms with Crippen molar-refractivity contribution in [3.8, 4) is 11.4 Å². The Kier molecular flexibility index (Phi) is 7.13. The molecule has 0 unspecified atom stereocenters. The van der Waals surface area contributed by atoms with E-state index in [1.807, 2.05) is 0 Å². The first-order valence-corrected chi connectivity index (χ1v) is 21.6. The van der Waals surface area contributed by atoms with E-state index in [2.05, 4.69) is 181 Å². The van der Waals surface area contributed by atoms with Crippen molar-refractivity contribution in [1.29, 1.82) is 0 Å². The fourth-order valence-corrected chi connectivity index (χ4v) is 11.4. The maximum atomic E-state index is 2.67. The molecule has 2 aromatic heterocycles. The Bertz CT molecular complexity index is 2980. The van der Waals surface area contributed by atoms with E-state index in [-0.39, 0.29) is 28.4 Å². The summed E-state index contributed by atoms with van der Waals surface area (Å²) < 4.78 is 5.23. The van der Waals surface area contributed by atoms with E-state index in [0.717, 1.165) is 0 Å². The van der Waals surface area contributed by atoms with E-state index in [0.29, 0.717) is 0 Å². The predicted molar refractivity (Wildman–Crippen MR) is 246 cm³/mol. The summed E-state index contributed by atoms with van der Waals surface area (Å²) >= 11 is 0. The zero-order valence-corrected chi connectivity index (χ0v) is 35.4. The number of para-hydroxylation sites is 1. The molecule has 11 rings (SSSR count). The highest BCUT2D eigenvalue weighted by Gasteiger charge is 2.49. The SMILES string of the molecule is CC(C)(C)c1ccc(-n2c3ccccc3c3cc4c(cc32)C2(CCCCC2)c2cccc3c2B4c2cc(C(C)(C)C)cc4c5cc(C(C)(C)C)ccc5n-3c24)cc1. The first-order valence-electron chi connectivity index (χ1n) is 21.6. The van der Waals surface area contributed by atoms with Crippen LogP contribution < -0.4 is 16.4 Å². The van der Waals surface area contributed by atoms with E-state index in [9.17, 15) is 0 Å². The van der Waals surface area contributed by atoms with Crippen molar-refractivity contribution in [3.63, 3.8) is 0 Å². The van der Waals surface area contributed by atoms with Gasteiger partial charge in [0.05, 0.1) is 16.6 Å². The molecule has 0 amide bonds. The molecular formula is C54H55BN2. The summed E-state index contributed by atoms with van der Waals surface area (Å²) in [6.45, 7) is 21.3. The summed E-state index contributed by atoms with van der Waals surface area (Å²) in [5.41, 5.74) is 20.0. The summed E-state index contributed by atoms with van der Waals surface area (Å²) in [7, 11) is 0. The zero-order valence-electron chi connectivity index (χ0n) is 35.4. The second-order valence-corrected chi connectivity index (χ2v) is 20.9. The molecule has 57 heavy (non-hydrogen) atoms. The number of hydrogen-bond acceptors (Lipinski definition) is 0. The van der Waals surface area contributed by atoms with Gasteiger partial charge in [-0.25, -0.2) is 0 Å². The minimum absolute atomic E-state index is 0.00253. The average molecular weight is 743 g/mol. The van der Waals surface area contributed by atoms with E-state index in [1.165, 1.54) is 115 Å². The van der Waals surface area contributed by atoms with Gasteiger partial charge in [-0.15, -0.1) is 0 Å². The van der Waals surface area contributed by atoms with E-state index >= 15 is 0 Å². The van der Waals surface area contributed by atoms with Crippen LogP contribution in [0.15, 0.2) is 109 Å². The molecule has 3 aliphatic rings. The monoisotopic (exact) mass is 742 g/mol. The lowest BCUT2D eigenvalue weighted by Crippen LogP contribution is -2.64. The molecule has 8 aromatic rings. The predicted octanol–water partition coefficient (Wildman–Crippen LogP) is 12.2. The van der Waals surface area contributed by atoms with E-state index < -0.39 is 0 Å². The van der Waals surface area contributed by atoms with Crippen molar-refractivity contribution in [2.45, 2.75) is 116 Å². The Hall–Kier alpha value is -5.02. The van der Waals surface area contributed by atoms with Crippen molar-refractivity contribution in [2.75, 3.05) is 0 Å². The highest BCUT2D eigenvalue weighted by Crippen LogP contribution is 2.49. The Labute approximate surface area is 339 Å². The molecule has 6 aromatic carbocycles. The number of fused-ring (bicyclic) bond motifs is 12. The second kappa shape index (κ2) is 11.6. The van der Waals surface area contributed by atoms with Crippen LogP contribution in [0.25, 0.3) is 55.0 Å². The molecule has 1 fully saturated rings. The minimum atomic E-state index is -0.0262. The number of aromatic nitrogens is 2. The van der Waals surface area contributed by atoms with Gasteiger partial charge in [0.25, 0.3) is 0 Å². The van der Waals surface area contributed by atoms with E-state index in [4.69, 9.17) is 0 Å². The van der Waals surface area contributed by atoms with Crippen LogP contribution in [0.5, 0.6) is 0 Å². The Balaban J connectivity index is 1.28. The number of nitrogens with zero attached hydrogens (tertiary/aromatic N) is 2. The van der Waals surface area contributed by atoms with Crippen LogP contribution in [-0.4, -0.2) is 15.8 Å². The third kappa shape index (κ3) is 4.84. The van der Waals surface area contributed by atoms with Crippen molar-refractivity contribution < 1.29 is 0 Å². The largest absolute Gasteiger partial charge is 0.310 e. The molecule has 0 atom stereocenters. The van der Waals surface area contributed by atoms with Gasteiger partial charge in [-0.1, -0.05) is 148 Å². The number of hydrogen-bond donors (Lipinski definition) is 0. The summed E-state index contributed by atoms with van der Waals surface area (Å²) in [6, 6.07) is 43.7. The third-order valence-corrected chi connectivity index (χ3v) is 14.4. The molecule has 0 N–H and O–H groups in total. The van der Waals surface area contributed by atoms with Gasteiger partial charge in [-0.3, -0.25) is 0 Å². The van der Waals surface area contributed by atoms with Crippen LogP contribution in [-0.2, 0) is 21.7 Å². The summed E-state index contributed by atoms with van der Waals surface area (Å²) in [4.78, 5) is 0. The normalized spacial score (nSPS) is 16.3. The highest BCUT2D eigenvalue weighted by atomic mass is 15.0. The molecule has 0 radical (unpaired) electrons. The Morgan fingerprint density at radius 2 is 1.12 bits per heavy atom. The molecule has 2 nitrogen and oxygen atoms in total. The van der Waals surface area contributed by atoms with Gasteiger partial charge in [0.1, 0.15) is 0 Å². The van der Waals surface area contributed by atoms with Gasteiger partial charge in [0.2, 0.25) is 6.71 Å². The first kappa shape index (κ1) is 35.2. The summed E-state index contributed by atoms with van der Waals surface area (Å²) in [5.74, 6) is 0. The molecule has 284 valence electrons. The lowest BCUT2D eigenvalue weighted by atomic mass is 9.29. The number of benzene rings is 6. The topological polar surface area (TPSA) is 9.86 Å². The van der Waals surface area contributed by atoms with Gasteiger partial charge < -0.3 is 9.13 Å². The summed E-state index contributed by atoms with van der Waals surface area (Å²) in [6.07, 6.45) is 6.23. The minimum Gasteiger partial charge on any atom is -0.310 e. The smallest absolute Gasteiger partial charge is 0.247 e. The lowest BCUT2D eigenvalue weighted by Gasteiger charge is -2.47. The fraction of sp³-hybridized carbons (Fsp3) is 0.333. The van der Waals surface area contributed by atoms with Crippen LogP contribution in [0.1, 0.15) is 122 Å². The number of rotatable bonds is 1. The second-order valence-electron chi connectivity index (χ2n) is 20.9. The molecule has 1 saturated carbocycles. The van der Waals surface area contributed by atoms with Crippen LogP contribution in [0.3, 0.4) is 0 Å². The summed E-state index contributed by atoms with van der Waals surface area (Å²) in [5, 5.41) is 5.47. The van der Waals surface area contributed by atoms with Crippen LogP contribution >= 0.6 is 0 Å². The van der Waals surface area contributed by atoms with Crippen LogP contribution in [0, 0.1) is 0 Å². The van der Waals surface area contributed by atoms with Crippen LogP contribution in [0.2, 0.25) is 0 Å². The van der Waals surface area contributed by atoms with Gasteiger partial charge >= 0.3 is 0 Å². The molecule has 2 aliphatic heterocycles. The fourth-order valence-electron chi connectivity index (χ4n) is 11.4. The maximum absolute atomic E-state index is 2.67. The van der Waals surface area contributed by atoms with Crippen molar-refractivity contribution in [1.82, 2.24) is 9.13 Å². The molecular weight excluding hydrogens is 687 g/mol. The van der Waals surface area contributed by atoms with Gasteiger partial charge in [0, 0.05) is 43.9 Å². The van der Waals surface area contributed by atoms with Gasteiger partial charge in [-0.2, -0.15) is 0 Å². The molecule has 0 bridgehead atoms. The highest BCUT2D eigenvalue weighted by molar-refractivity contribution is 6.99. The lowest BCUT2D eigenvalue weighted by molar-refractivity contribution is 0.348. The van der Waals surface area contributed by atoms with Gasteiger partial charge in [-0.05, 0) is 116 Å². The van der Waals surface area contributed by atoms with Crippen molar-refractivity contribution in [3.05, 3.63) is 137 Å². The van der Waals surface area contributed by atoms with Crippen molar-refractivity contribution in [2.24, 2.45) is 0 Å². The molecule has 4 heterocycles. The van der Waals surface area contributed by atoms with Crippen LogP contribution in [0.4, 0.5) is 0 Å².